The monoisotopic (exact) mass is 154 g/mol. The van der Waals surface area contributed by atoms with Crippen LogP contribution in [-0.2, 0) is 9.53 Å². The maximum absolute atomic E-state index is 11.1. The molecule has 62 valence electrons. The molecule has 0 heterocycles. The first-order valence-corrected chi connectivity index (χ1v) is 3.96. The van der Waals surface area contributed by atoms with Crippen LogP contribution in [0.3, 0.4) is 0 Å². The molecule has 0 atom stereocenters. The minimum absolute atomic E-state index is 0.0618. The summed E-state index contributed by atoms with van der Waals surface area (Å²) in [6.07, 6.45) is 2.15. The Balaban J connectivity index is 2.47. The second kappa shape index (κ2) is 2.68. The molecular weight excluding hydrogens is 140 g/mol. The van der Waals surface area contributed by atoms with E-state index in [-0.39, 0.29) is 11.4 Å². The zero-order valence-electron chi connectivity index (χ0n) is 7.14. The Hall–Kier alpha value is -0.790. The second-order valence-electron chi connectivity index (χ2n) is 3.26. The molecular formula is C9H14O2. The number of rotatable bonds is 3. The van der Waals surface area contributed by atoms with Crippen LogP contribution in [0.1, 0.15) is 26.7 Å². The van der Waals surface area contributed by atoms with E-state index in [1.165, 1.54) is 0 Å². The Kier molecular flexibility index (Phi) is 2.03. The van der Waals surface area contributed by atoms with E-state index in [1.807, 2.05) is 6.92 Å². The highest BCUT2D eigenvalue weighted by atomic mass is 16.5. The van der Waals surface area contributed by atoms with Crippen LogP contribution in [0.25, 0.3) is 0 Å². The van der Waals surface area contributed by atoms with Crippen LogP contribution >= 0.6 is 0 Å². The van der Waals surface area contributed by atoms with E-state index in [4.69, 9.17) is 4.74 Å². The number of carbonyl (C=O) groups is 1. The number of esters is 1. The lowest BCUT2D eigenvalue weighted by atomic mass is 10.0. The molecule has 0 unspecified atom stereocenters. The molecule has 0 N–H and O–H groups in total. The molecule has 0 amide bonds. The van der Waals surface area contributed by atoms with Gasteiger partial charge in [0, 0.05) is 5.57 Å². The molecule has 0 aliphatic heterocycles. The van der Waals surface area contributed by atoms with Crippen LogP contribution in [0.4, 0.5) is 0 Å². The summed E-state index contributed by atoms with van der Waals surface area (Å²) >= 11 is 0. The Bertz CT molecular complexity index is 190. The van der Waals surface area contributed by atoms with Gasteiger partial charge in [-0.15, -0.1) is 0 Å². The normalized spacial score (nSPS) is 19.1. The largest absolute Gasteiger partial charge is 0.463 e. The van der Waals surface area contributed by atoms with Crippen molar-refractivity contribution >= 4 is 5.97 Å². The predicted octanol–water partition coefficient (Wildman–Crippen LogP) is 1.91. The Labute approximate surface area is 67.2 Å². The molecule has 1 aliphatic rings. The summed E-state index contributed by atoms with van der Waals surface area (Å²) in [7, 11) is 0. The van der Waals surface area contributed by atoms with Gasteiger partial charge in [0.25, 0.3) is 0 Å². The van der Waals surface area contributed by atoms with E-state index in [9.17, 15) is 4.79 Å². The molecule has 1 fully saturated rings. The molecule has 1 saturated carbocycles. The topological polar surface area (TPSA) is 26.3 Å². The lowest BCUT2D eigenvalue weighted by Crippen LogP contribution is -2.13. The first-order valence-electron chi connectivity index (χ1n) is 3.96. The van der Waals surface area contributed by atoms with Crippen molar-refractivity contribution in [2.45, 2.75) is 26.7 Å². The zero-order chi connectivity index (χ0) is 8.48. The van der Waals surface area contributed by atoms with Gasteiger partial charge in [-0.3, -0.25) is 0 Å². The zero-order valence-corrected chi connectivity index (χ0v) is 7.14. The quantitative estimate of drug-likeness (QED) is 0.458. The summed E-state index contributed by atoms with van der Waals surface area (Å²) in [6.45, 7) is 8.02. The molecule has 0 aromatic carbocycles. The minimum Gasteiger partial charge on any atom is -0.463 e. The van der Waals surface area contributed by atoms with Crippen molar-refractivity contribution in [3.63, 3.8) is 0 Å². The van der Waals surface area contributed by atoms with E-state index in [1.54, 1.807) is 6.92 Å². The van der Waals surface area contributed by atoms with E-state index in [2.05, 4.69) is 6.58 Å². The van der Waals surface area contributed by atoms with Crippen molar-refractivity contribution in [2.24, 2.45) is 5.41 Å². The van der Waals surface area contributed by atoms with Gasteiger partial charge in [0.2, 0.25) is 0 Å². The summed E-state index contributed by atoms with van der Waals surface area (Å²) in [5.41, 5.74) is 0.700. The van der Waals surface area contributed by atoms with Gasteiger partial charge in [0.15, 0.2) is 0 Å². The highest BCUT2D eigenvalue weighted by molar-refractivity contribution is 5.89. The lowest BCUT2D eigenvalue weighted by Gasteiger charge is -2.09. The maximum Gasteiger partial charge on any atom is 0.333 e. The van der Waals surface area contributed by atoms with Gasteiger partial charge in [0.1, 0.15) is 0 Å². The van der Waals surface area contributed by atoms with Crippen molar-refractivity contribution in [3.8, 4) is 0 Å². The smallest absolute Gasteiger partial charge is 0.333 e. The minimum atomic E-state index is -0.229. The van der Waals surface area contributed by atoms with E-state index < -0.39 is 0 Å². The van der Waals surface area contributed by atoms with Crippen LogP contribution in [0.15, 0.2) is 12.2 Å². The molecule has 0 aromatic heterocycles. The molecule has 11 heavy (non-hydrogen) atoms. The van der Waals surface area contributed by atoms with Crippen molar-refractivity contribution in [3.05, 3.63) is 12.2 Å². The number of ether oxygens (including phenoxy) is 1. The first kappa shape index (κ1) is 8.31. The second-order valence-corrected chi connectivity index (χ2v) is 3.26. The number of carbonyl (C=O) groups excluding carboxylic acids is 1. The third-order valence-electron chi connectivity index (χ3n) is 2.25. The third kappa shape index (κ3) is 1.62. The average Bonchev–Trinajstić information content (AvgIpc) is 2.68. The van der Waals surface area contributed by atoms with Crippen LogP contribution < -0.4 is 0 Å². The average molecular weight is 154 g/mol. The van der Waals surface area contributed by atoms with Crippen LogP contribution in [0.2, 0.25) is 0 Å². The van der Waals surface area contributed by atoms with Gasteiger partial charge in [-0.25, -0.2) is 4.79 Å². The van der Waals surface area contributed by atoms with Gasteiger partial charge in [0.05, 0.1) is 6.61 Å². The standard InChI is InChI=1S/C9H14O2/c1-4-11-8(10)7(2)9(3)5-6-9/h2,4-6H2,1,3H3. The molecule has 2 heteroatoms. The summed E-state index contributed by atoms with van der Waals surface area (Å²) in [6, 6.07) is 0. The Morgan fingerprint density at radius 3 is 2.55 bits per heavy atom. The number of hydrogen-bond acceptors (Lipinski definition) is 2. The van der Waals surface area contributed by atoms with E-state index >= 15 is 0 Å². The van der Waals surface area contributed by atoms with E-state index in [0.717, 1.165) is 12.8 Å². The molecule has 0 aromatic rings. The summed E-state index contributed by atoms with van der Waals surface area (Å²) < 4.78 is 4.83. The van der Waals surface area contributed by atoms with Crippen LogP contribution in [-0.4, -0.2) is 12.6 Å². The number of hydrogen-bond donors (Lipinski definition) is 0. The van der Waals surface area contributed by atoms with Crippen molar-refractivity contribution in [2.75, 3.05) is 6.61 Å². The highest BCUT2D eigenvalue weighted by Gasteiger charge is 2.43. The van der Waals surface area contributed by atoms with Crippen LogP contribution in [0, 0.1) is 5.41 Å². The van der Waals surface area contributed by atoms with Crippen molar-refractivity contribution < 1.29 is 9.53 Å². The van der Waals surface area contributed by atoms with E-state index in [0.29, 0.717) is 12.2 Å². The fourth-order valence-corrected chi connectivity index (χ4v) is 0.954. The van der Waals surface area contributed by atoms with Gasteiger partial charge >= 0.3 is 5.97 Å². The highest BCUT2D eigenvalue weighted by Crippen LogP contribution is 2.50. The predicted molar refractivity (Wildman–Crippen MR) is 43.1 cm³/mol. The van der Waals surface area contributed by atoms with Gasteiger partial charge in [-0.2, -0.15) is 0 Å². The maximum atomic E-state index is 11.1. The SMILES string of the molecule is C=C(C(=O)OCC)C1(C)CC1. The van der Waals surface area contributed by atoms with Gasteiger partial charge in [-0.1, -0.05) is 13.5 Å². The first-order chi connectivity index (χ1) is 5.10. The summed E-state index contributed by atoms with van der Waals surface area (Å²) in [4.78, 5) is 11.1. The van der Waals surface area contributed by atoms with Crippen LogP contribution in [0.5, 0.6) is 0 Å². The Morgan fingerprint density at radius 2 is 2.18 bits per heavy atom. The molecule has 0 radical (unpaired) electrons. The molecule has 1 rings (SSSR count). The molecule has 1 aliphatic carbocycles. The van der Waals surface area contributed by atoms with Gasteiger partial charge in [-0.05, 0) is 25.2 Å². The fourth-order valence-electron chi connectivity index (χ4n) is 0.954. The summed E-state index contributed by atoms with van der Waals surface area (Å²) in [5, 5.41) is 0. The molecule has 0 spiro atoms. The summed E-state index contributed by atoms with van der Waals surface area (Å²) in [5.74, 6) is -0.229. The molecule has 0 bridgehead atoms. The third-order valence-corrected chi connectivity index (χ3v) is 2.25. The van der Waals surface area contributed by atoms with Crippen molar-refractivity contribution in [1.29, 1.82) is 0 Å². The fraction of sp³-hybridized carbons (Fsp3) is 0.667. The lowest BCUT2D eigenvalue weighted by molar-refractivity contribution is -0.139. The Morgan fingerprint density at radius 1 is 1.64 bits per heavy atom. The van der Waals surface area contributed by atoms with Crippen molar-refractivity contribution in [1.82, 2.24) is 0 Å². The molecule has 0 saturated heterocycles. The molecule has 2 nitrogen and oxygen atoms in total. The van der Waals surface area contributed by atoms with Gasteiger partial charge < -0.3 is 4.74 Å².